The van der Waals surface area contributed by atoms with E-state index in [-0.39, 0.29) is 11.7 Å². The zero-order valence-electron chi connectivity index (χ0n) is 15.2. The van der Waals surface area contributed by atoms with Crippen LogP contribution in [-0.2, 0) is 14.3 Å². The first-order chi connectivity index (χ1) is 13.3. The highest BCUT2D eigenvalue weighted by Gasteiger charge is 2.20. The van der Waals surface area contributed by atoms with E-state index in [1.54, 1.807) is 49.4 Å². The monoisotopic (exact) mass is 400 g/mol. The Kier molecular flexibility index (Phi) is 5.65. The van der Waals surface area contributed by atoms with E-state index in [1.165, 1.54) is 6.92 Å². The van der Waals surface area contributed by atoms with E-state index >= 15 is 0 Å². The predicted octanol–water partition coefficient (Wildman–Crippen LogP) is 4.15. The Morgan fingerprint density at radius 3 is 2.32 bits per heavy atom. The van der Waals surface area contributed by atoms with Crippen LogP contribution in [0.15, 0.2) is 46.9 Å². The Balaban J connectivity index is 1.59. The number of benzene rings is 2. The summed E-state index contributed by atoms with van der Waals surface area (Å²) in [4.78, 5) is 35.3. The van der Waals surface area contributed by atoms with Gasteiger partial charge in [0.05, 0.1) is 0 Å². The molecule has 28 heavy (non-hydrogen) atoms. The minimum atomic E-state index is -0.735. The number of esters is 1. The molecule has 0 spiro atoms. The zero-order valence-corrected chi connectivity index (χ0v) is 15.9. The van der Waals surface area contributed by atoms with Crippen molar-refractivity contribution in [3.05, 3.63) is 58.8 Å². The van der Waals surface area contributed by atoms with E-state index in [2.05, 4.69) is 10.6 Å². The molecular weight excluding hydrogens is 384 g/mol. The summed E-state index contributed by atoms with van der Waals surface area (Å²) in [5, 5.41) is 6.46. The van der Waals surface area contributed by atoms with E-state index < -0.39 is 18.5 Å². The van der Waals surface area contributed by atoms with E-state index in [1.807, 2.05) is 0 Å². The molecule has 2 amide bonds. The summed E-state index contributed by atoms with van der Waals surface area (Å²) in [7, 11) is 0. The van der Waals surface area contributed by atoms with Gasteiger partial charge < -0.3 is 19.8 Å². The number of aryl methyl sites for hydroxylation is 1. The molecule has 1 heterocycles. The van der Waals surface area contributed by atoms with Crippen molar-refractivity contribution in [3.8, 4) is 0 Å². The number of ether oxygens (including phenoxy) is 1. The van der Waals surface area contributed by atoms with Crippen LogP contribution in [0.3, 0.4) is 0 Å². The van der Waals surface area contributed by atoms with Gasteiger partial charge in [0, 0.05) is 34.3 Å². The second kappa shape index (κ2) is 8.14. The quantitative estimate of drug-likeness (QED) is 0.627. The van der Waals surface area contributed by atoms with Gasteiger partial charge in [-0.2, -0.15) is 0 Å². The Bertz CT molecular complexity index is 1060. The van der Waals surface area contributed by atoms with Crippen LogP contribution in [0.2, 0.25) is 5.02 Å². The van der Waals surface area contributed by atoms with Gasteiger partial charge in [0.2, 0.25) is 11.7 Å². The van der Waals surface area contributed by atoms with Gasteiger partial charge >= 0.3 is 5.97 Å². The summed E-state index contributed by atoms with van der Waals surface area (Å²) < 4.78 is 10.6. The summed E-state index contributed by atoms with van der Waals surface area (Å²) in [5.74, 6) is -1.39. The Morgan fingerprint density at radius 1 is 1.04 bits per heavy atom. The maximum Gasteiger partial charge on any atom is 0.375 e. The highest BCUT2D eigenvalue weighted by atomic mass is 35.5. The van der Waals surface area contributed by atoms with Gasteiger partial charge in [-0.05, 0) is 49.4 Å². The molecule has 8 heteroatoms. The topological polar surface area (TPSA) is 97.6 Å². The lowest BCUT2D eigenvalue weighted by Crippen LogP contribution is -2.21. The van der Waals surface area contributed by atoms with Crippen molar-refractivity contribution in [2.45, 2.75) is 13.8 Å². The van der Waals surface area contributed by atoms with Crippen molar-refractivity contribution in [3.63, 3.8) is 0 Å². The molecule has 0 saturated carbocycles. The van der Waals surface area contributed by atoms with Crippen LogP contribution in [0.1, 0.15) is 23.0 Å². The van der Waals surface area contributed by atoms with E-state index in [4.69, 9.17) is 20.8 Å². The van der Waals surface area contributed by atoms with Gasteiger partial charge in [-0.3, -0.25) is 9.59 Å². The van der Waals surface area contributed by atoms with Gasteiger partial charge in [-0.1, -0.05) is 11.6 Å². The Hall–Kier alpha value is -3.32. The average Bonchev–Trinajstić information content (AvgIpc) is 2.97. The number of halogens is 1. The summed E-state index contributed by atoms with van der Waals surface area (Å²) in [6, 6.07) is 11.6. The van der Waals surface area contributed by atoms with Crippen molar-refractivity contribution in [2.75, 3.05) is 17.2 Å². The fourth-order valence-electron chi connectivity index (χ4n) is 2.62. The number of furan rings is 1. The van der Waals surface area contributed by atoms with E-state index in [0.29, 0.717) is 32.9 Å². The summed E-state index contributed by atoms with van der Waals surface area (Å²) in [6.45, 7) is 2.65. The minimum absolute atomic E-state index is 0.0322. The van der Waals surface area contributed by atoms with Crippen molar-refractivity contribution in [1.29, 1.82) is 0 Å². The molecule has 0 unspecified atom stereocenters. The SMILES string of the molecule is CC(=O)Nc1ccc(NC(=O)COC(=O)c2oc3ccc(Cl)cc3c2C)cc1. The third kappa shape index (κ3) is 4.50. The lowest BCUT2D eigenvalue weighted by Gasteiger charge is -2.07. The van der Waals surface area contributed by atoms with Crippen molar-refractivity contribution < 1.29 is 23.5 Å². The number of carbonyl (C=O) groups is 3. The third-order valence-corrected chi connectivity index (χ3v) is 4.14. The molecule has 3 rings (SSSR count). The first-order valence-electron chi connectivity index (χ1n) is 8.37. The number of hydrogen-bond acceptors (Lipinski definition) is 5. The fourth-order valence-corrected chi connectivity index (χ4v) is 2.79. The van der Waals surface area contributed by atoms with Crippen molar-refractivity contribution in [1.82, 2.24) is 0 Å². The molecule has 7 nitrogen and oxygen atoms in total. The third-order valence-electron chi connectivity index (χ3n) is 3.91. The zero-order chi connectivity index (χ0) is 20.3. The number of rotatable bonds is 5. The molecule has 144 valence electrons. The highest BCUT2D eigenvalue weighted by Crippen LogP contribution is 2.28. The maximum atomic E-state index is 12.3. The number of carbonyl (C=O) groups excluding carboxylic acids is 3. The van der Waals surface area contributed by atoms with Gasteiger partial charge in [0.1, 0.15) is 5.58 Å². The number of nitrogens with one attached hydrogen (secondary N) is 2. The van der Waals surface area contributed by atoms with Crippen molar-refractivity contribution in [2.24, 2.45) is 0 Å². The number of fused-ring (bicyclic) bond motifs is 1. The molecule has 2 N–H and O–H groups in total. The number of anilines is 2. The lowest BCUT2D eigenvalue weighted by atomic mass is 10.1. The van der Waals surface area contributed by atoms with Gasteiger partial charge in [0.25, 0.3) is 5.91 Å². The molecule has 0 atom stereocenters. The molecule has 0 bridgehead atoms. The van der Waals surface area contributed by atoms with Gasteiger partial charge in [-0.25, -0.2) is 4.79 Å². The van der Waals surface area contributed by atoms with Crippen LogP contribution in [-0.4, -0.2) is 24.4 Å². The number of hydrogen-bond donors (Lipinski definition) is 2. The lowest BCUT2D eigenvalue weighted by molar-refractivity contribution is -0.119. The second-order valence-corrected chi connectivity index (χ2v) is 6.52. The molecule has 0 aliphatic rings. The average molecular weight is 401 g/mol. The standard InChI is InChI=1S/C20H17ClN2O5/c1-11-16-9-13(21)3-8-17(16)28-19(11)20(26)27-10-18(25)23-15-6-4-14(5-7-15)22-12(2)24/h3-9H,10H2,1-2H3,(H,22,24)(H,23,25). The molecule has 0 aliphatic carbocycles. The first-order valence-corrected chi connectivity index (χ1v) is 8.74. The molecular formula is C20H17ClN2O5. The summed E-state index contributed by atoms with van der Waals surface area (Å²) in [5.41, 5.74) is 2.22. The maximum absolute atomic E-state index is 12.3. The predicted molar refractivity (Wildman–Crippen MR) is 106 cm³/mol. The van der Waals surface area contributed by atoms with Crippen LogP contribution < -0.4 is 10.6 Å². The highest BCUT2D eigenvalue weighted by molar-refractivity contribution is 6.31. The Labute approximate surface area is 165 Å². The van der Waals surface area contributed by atoms with Crippen LogP contribution in [0.5, 0.6) is 0 Å². The van der Waals surface area contributed by atoms with E-state index in [0.717, 1.165) is 0 Å². The smallest absolute Gasteiger partial charge is 0.375 e. The second-order valence-electron chi connectivity index (χ2n) is 6.08. The van der Waals surface area contributed by atoms with Crippen LogP contribution in [0, 0.1) is 6.92 Å². The number of amides is 2. The van der Waals surface area contributed by atoms with E-state index in [9.17, 15) is 14.4 Å². The summed E-state index contributed by atoms with van der Waals surface area (Å²) in [6.07, 6.45) is 0. The van der Waals surface area contributed by atoms with Crippen LogP contribution >= 0.6 is 11.6 Å². The first kappa shape index (κ1) is 19.4. The molecule has 1 aromatic heterocycles. The minimum Gasteiger partial charge on any atom is -0.450 e. The van der Waals surface area contributed by atoms with Crippen LogP contribution in [0.25, 0.3) is 11.0 Å². The normalized spacial score (nSPS) is 10.5. The van der Waals surface area contributed by atoms with Gasteiger partial charge in [0.15, 0.2) is 6.61 Å². The van der Waals surface area contributed by atoms with Crippen LogP contribution in [0.4, 0.5) is 11.4 Å². The molecule has 0 fully saturated rings. The largest absolute Gasteiger partial charge is 0.450 e. The fraction of sp³-hybridized carbons (Fsp3) is 0.150. The molecule has 0 saturated heterocycles. The Morgan fingerprint density at radius 2 is 1.68 bits per heavy atom. The van der Waals surface area contributed by atoms with Gasteiger partial charge in [-0.15, -0.1) is 0 Å². The summed E-state index contributed by atoms with van der Waals surface area (Å²) >= 11 is 5.96. The molecule has 0 radical (unpaired) electrons. The molecule has 3 aromatic rings. The van der Waals surface area contributed by atoms with Crippen molar-refractivity contribution >= 4 is 51.7 Å². The molecule has 2 aromatic carbocycles. The molecule has 0 aliphatic heterocycles.